The van der Waals surface area contributed by atoms with Crippen LogP contribution in [0.4, 0.5) is 0 Å². The number of hydrazine groups is 1. The predicted octanol–water partition coefficient (Wildman–Crippen LogP) is 13.1. The van der Waals surface area contributed by atoms with Crippen LogP contribution in [0.3, 0.4) is 0 Å². The van der Waals surface area contributed by atoms with Crippen molar-refractivity contribution in [3.63, 3.8) is 0 Å². The molecule has 1 fully saturated rings. The van der Waals surface area contributed by atoms with E-state index in [0.717, 1.165) is 83.3 Å². The number of Topliss-reactive ketones (excluding diaryl/α,β-unsaturated/α-hetero) is 2. The second-order valence-corrected chi connectivity index (χ2v) is 31.0. The minimum atomic E-state index is -1.41. The molecular weight excluding hydrogens is 1740 g/mol. The lowest BCUT2D eigenvalue weighted by molar-refractivity contribution is -0.147. The number of carbonyl (C=O) groups excluding carboxylic acids is 6. The molecule has 1 saturated heterocycles. The summed E-state index contributed by atoms with van der Waals surface area (Å²) in [4.78, 5) is 144. The van der Waals surface area contributed by atoms with Crippen LogP contribution in [0.15, 0.2) is 218 Å². The predicted molar refractivity (Wildman–Crippen MR) is 488 cm³/mol. The zero-order chi connectivity index (χ0) is 92.2. The molecule has 7 aromatic heterocycles. The number of nitrogens with zero attached hydrogens (tertiary/aromatic N) is 15. The van der Waals surface area contributed by atoms with Gasteiger partial charge in [0.1, 0.15) is 57.2 Å². The van der Waals surface area contributed by atoms with Crippen molar-refractivity contribution in [2.45, 2.75) is 118 Å². The molecule has 128 heavy (non-hydrogen) atoms. The van der Waals surface area contributed by atoms with Crippen LogP contribution in [0.1, 0.15) is 78.5 Å². The van der Waals surface area contributed by atoms with E-state index >= 15 is 0 Å². The molecule has 0 radical (unpaired) electrons. The summed E-state index contributed by atoms with van der Waals surface area (Å²) in [6.45, 7) is 14.7. The second kappa shape index (κ2) is 50.6. The van der Waals surface area contributed by atoms with Gasteiger partial charge < -0.3 is 37.9 Å². The SMILES string of the molecule is C1CNNC1.COC(=O)C(Oc1ccccc1C)C(=O)c1ccnc(SC)n1.COC(=O)C(Oc1ccccc1C)C(=O)c1ccnc(SC)n1.COC(=O)COc1ccccc1C.CON(C)C(=O)c1ccnc(SC)n1.CSc1nccc(-c2c(Oc3ccccc3C)c(=O)n3n2CCC3)n1.CSc1nccc(-c2c(Oc3ccccc3C)c(=O)n3n2CCC3)n1. The molecule has 0 bridgehead atoms. The summed E-state index contributed by atoms with van der Waals surface area (Å²) in [6.07, 6.45) is 17.6. The molecule has 0 saturated carbocycles. The van der Waals surface area contributed by atoms with Gasteiger partial charge in [-0.2, -0.15) is 0 Å². The van der Waals surface area contributed by atoms with Crippen molar-refractivity contribution in [1.82, 2.24) is 84.5 Å². The quantitative estimate of drug-likeness (QED) is 0.00967. The van der Waals surface area contributed by atoms with E-state index in [4.69, 9.17) is 38.0 Å². The largest absolute Gasteiger partial charge is 0.482 e. The molecule has 2 N–H and O–H groups in total. The van der Waals surface area contributed by atoms with Crippen LogP contribution >= 0.6 is 58.8 Å². The van der Waals surface area contributed by atoms with Gasteiger partial charge in [-0.1, -0.05) is 150 Å². The van der Waals surface area contributed by atoms with E-state index < -0.39 is 35.7 Å². The molecular formula is C89H99N17O17S5. The van der Waals surface area contributed by atoms with Crippen LogP contribution in [0.25, 0.3) is 22.8 Å². The van der Waals surface area contributed by atoms with E-state index in [9.17, 15) is 38.4 Å². The van der Waals surface area contributed by atoms with Crippen LogP contribution in [0, 0.1) is 34.6 Å². The van der Waals surface area contributed by atoms with Gasteiger partial charge in [-0.15, -0.1) is 0 Å². The summed E-state index contributed by atoms with van der Waals surface area (Å²) < 4.78 is 49.8. The maximum atomic E-state index is 12.9. The van der Waals surface area contributed by atoms with E-state index in [1.165, 1.54) is 125 Å². The van der Waals surface area contributed by atoms with Gasteiger partial charge in [-0.3, -0.25) is 49.0 Å². The highest BCUT2D eigenvalue weighted by Crippen LogP contribution is 2.37. The fourth-order valence-corrected chi connectivity index (χ4v) is 13.8. The van der Waals surface area contributed by atoms with E-state index in [1.807, 2.05) is 172 Å². The lowest BCUT2D eigenvalue weighted by Gasteiger charge is -2.17. The Morgan fingerprint density at radius 1 is 0.398 bits per heavy atom. The van der Waals surface area contributed by atoms with Gasteiger partial charge in [0.15, 0.2) is 32.4 Å². The fourth-order valence-electron chi connectivity index (χ4n) is 12.0. The summed E-state index contributed by atoms with van der Waals surface area (Å²) in [5.74, 6) is 0.280. The smallest absolute Gasteiger partial charge is 0.355 e. The Balaban J connectivity index is 0.000000174. The van der Waals surface area contributed by atoms with Gasteiger partial charge in [-0.25, -0.2) is 78.7 Å². The van der Waals surface area contributed by atoms with Gasteiger partial charge in [0.2, 0.25) is 23.1 Å². The number of hydroxylamine groups is 2. The van der Waals surface area contributed by atoms with Crippen LogP contribution in [0.5, 0.6) is 40.2 Å². The van der Waals surface area contributed by atoms with Crippen LogP contribution in [0.2, 0.25) is 0 Å². The maximum absolute atomic E-state index is 12.9. The molecule has 10 heterocycles. The number of rotatable bonds is 26. The average Bonchev–Trinajstić information content (AvgIpc) is 1.60. The molecule has 0 aliphatic carbocycles. The third-order valence-electron chi connectivity index (χ3n) is 18.7. The average molecular weight is 1840 g/mol. The Hall–Kier alpha value is -12.6. The number of ketones is 2. The second-order valence-electron chi connectivity index (χ2n) is 27.2. The molecule has 1 amide bonds. The van der Waals surface area contributed by atoms with Crippen molar-refractivity contribution in [3.8, 4) is 63.0 Å². The topological polar surface area (TPSA) is 396 Å². The number of methoxy groups -OCH3 is 3. The molecule has 39 heteroatoms. The van der Waals surface area contributed by atoms with E-state index in [-0.39, 0.29) is 41.0 Å². The number of carbonyl (C=O) groups is 6. The number of para-hydroxylation sites is 5. The van der Waals surface area contributed by atoms with Crippen molar-refractivity contribution >= 4 is 94.2 Å². The Kier molecular flexibility index (Phi) is 39.2. The van der Waals surface area contributed by atoms with Gasteiger partial charge in [0.05, 0.1) is 39.8 Å². The summed E-state index contributed by atoms with van der Waals surface area (Å²) in [7, 11) is 6.70. The van der Waals surface area contributed by atoms with Crippen molar-refractivity contribution in [3.05, 3.63) is 248 Å². The van der Waals surface area contributed by atoms with Gasteiger partial charge in [0, 0.05) is 77.3 Å². The first kappa shape index (κ1) is 99.2. The maximum Gasteiger partial charge on any atom is 0.355 e. The summed E-state index contributed by atoms with van der Waals surface area (Å²) >= 11 is 6.93. The summed E-state index contributed by atoms with van der Waals surface area (Å²) in [6, 6.07) is 45.2. The number of thioether (sulfide) groups is 5. The number of ether oxygens (including phenoxy) is 8. The highest BCUT2D eigenvalue weighted by Gasteiger charge is 2.35. The first-order valence-corrected chi connectivity index (χ1v) is 45.8. The monoisotopic (exact) mass is 1840 g/mol. The van der Waals surface area contributed by atoms with Crippen molar-refractivity contribution in [2.75, 3.05) is 86.5 Å². The Morgan fingerprint density at radius 2 is 0.719 bits per heavy atom. The molecule has 5 aromatic carbocycles. The molecule has 0 spiro atoms. The van der Waals surface area contributed by atoms with Crippen molar-refractivity contribution in [2.24, 2.45) is 0 Å². The lowest BCUT2D eigenvalue weighted by atomic mass is 10.1. The van der Waals surface area contributed by atoms with Crippen LogP contribution in [-0.4, -0.2) is 208 Å². The standard InChI is InChI=1S/2C18H18N4O2S.2C16H16N2O4S.C10H12O3.C8H11N3O2S.C3H8N2/c2*1-12-6-3-4-7-14(12)24-16-15(13-8-9-19-18(20-13)25-2)21-10-5-11-22(21)17(16)23;2*1-10-6-4-5-7-12(10)22-14(15(20)21-2)13(19)11-8-9-17-16(18-11)23-3;1-8-5-3-4-6-9(8)13-7-10(11)12-2;1-11(13-2)7(12)6-4-5-9-8(10-6)14-3;1-2-4-5-3-1/h2*3-4,6-9H,5,10-11H2,1-2H3;2*4-9,14H,1-3H3;3-6H,7H2,1-2H3;4-5H,1-3H3;4-5H,1-3H2. The number of aromatic nitrogens is 14. The van der Waals surface area contributed by atoms with Gasteiger partial charge in [0.25, 0.3) is 18.1 Å². The lowest BCUT2D eigenvalue weighted by Crippen LogP contribution is -2.37. The highest BCUT2D eigenvalue weighted by atomic mass is 32.2. The molecule has 2 unspecified atom stereocenters. The fraction of sp³-hybridized carbons (Fsp3) is 0.303. The number of hydrogen-bond acceptors (Lipinski definition) is 34. The number of esters is 3. The summed E-state index contributed by atoms with van der Waals surface area (Å²) in [5.41, 5.74) is 13.7. The van der Waals surface area contributed by atoms with Crippen LogP contribution in [-0.2, 0) is 59.6 Å². The van der Waals surface area contributed by atoms with Crippen molar-refractivity contribution in [1.29, 1.82) is 0 Å². The van der Waals surface area contributed by atoms with Crippen molar-refractivity contribution < 1.29 is 71.5 Å². The molecule has 15 rings (SSSR count). The minimum absolute atomic E-state index is 0.0403. The molecule has 2 atom stereocenters. The number of benzene rings is 5. The highest BCUT2D eigenvalue weighted by molar-refractivity contribution is 7.99. The number of nitrogens with one attached hydrogen (secondary N) is 2. The Bertz CT molecular complexity index is 5600. The zero-order valence-corrected chi connectivity index (χ0v) is 77.3. The number of hydrogen-bond donors (Lipinski definition) is 2. The van der Waals surface area contributed by atoms with Gasteiger partial charge >= 0.3 is 29.0 Å². The number of amides is 1. The van der Waals surface area contributed by atoms with E-state index in [2.05, 4.69) is 65.4 Å². The van der Waals surface area contributed by atoms with E-state index in [1.54, 1.807) is 70.8 Å². The molecule has 3 aliphatic rings. The number of aryl methyl sites for hydroxylation is 5. The third-order valence-corrected chi connectivity index (χ3v) is 21.5. The molecule has 12 aromatic rings. The zero-order valence-electron chi connectivity index (χ0n) is 73.2. The minimum Gasteiger partial charge on any atom is -0.482 e. The van der Waals surface area contributed by atoms with Crippen LogP contribution < -0.4 is 45.7 Å². The first-order chi connectivity index (χ1) is 61.9. The first-order valence-electron chi connectivity index (χ1n) is 39.6. The molecule has 34 nitrogen and oxygen atoms in total. The molecule has 672 valence electrons. The third kappa shape index (κ3) is 27.4. The Labute approximate surface area is 761 Å². The normalized spacial score (nSPS) is 12.2. The van der Waals surface area contributed by atoms with E-state index in [0.29, 0.717) is 96.2 Å². The molecule has 3 aliphatic heterocycles. The number of fused-ring (bicyclic) bond motifs is 2. The Morgan fingerprint density at radius 3 is 1.05 bits per heavy atom. The summed E-state index contributed by atoms with van der Waals surface area (Å²) in [5, 5.41) is 3.91. The van der Waals surface area contributed by atoms with Gasteiger partial charge in [-0.05, 0) is 174 Å².